The molecule has 3 heteroatoms. The van der Waals surface area contributed by atoms with E-state index >= 15 is 0 Å². The number of Topliss-reactive ketones (excluding diaryl/α,β-unsaturated/α-hetero) is 1. The molecule has 0 aromatic heterocycles. The summed E-state index contributed by atoms with van der Waals surface area (Å²) < 4.78 is 0. The average Bonchev–Trinajstić information content (AvgIpc) is 2.15. The lowest BCUT2D eigenvalue weighted by atomic mass is 9.66. The van der Waals surface area contributed by atoms with Crippen molar-refractivity contribution in [3.63, 3.8) is 0 Å². The van der Waals surface area contributed by atoms with Gasteiger partial charge in [-0.05, 0) is 18.3 Å². The molecular formula is C14H24O3. The Morgan fingerprint density at radius 2 is 1.59 bits per heavy atom. The summed E-state index contributed by atoms with van der Waals surface area (Å²) in [7, 11) is 0. The van der Waals surface area contributed by atoms with E-state index in [0.717, 1.165) is 25.7 Å². The van der Waals surface area contributed by atoms with Crippen molar-refractivity contribution in [3.8, 4) is 0 Å². The van der Waals surface area contributed by atoms with Gasteiger partial charge in [-0.1, -0.05) is 40.0 Å². The number of carbonyl (C=O) groups is 2. The molecule has 0 unspecified atom stereocenters. The maximum atomic E-state index is 12.1. The lowest BCUT2D eigenvalue weighted by molar-refractivity contribution is -0.141. The molecule has 1 aliphatic carbocycles. The standard InChI is InChI=1S/C14H24O3/c1-13(2,3)11(15)9-14(10-12(16)17)7-5-4-6-8-14/h4-10H2,1-3H3,(H,16,17). The molecule has 0 aromatic rings. The highest BCUT2D eigenvalue weighted by Gasteiger charge is 2.38. The third-order valence-electron chi connectivity index (χ3n) is 3.81. The number of carboxylic acids is 1. The quantitative estimate of drug-likeness (QED) is 0.819. The van der Waals surface area contributed by atoms with Crippen molar-refractivity contribution in [2.45, 2.75) is 65.7 Å². The molecule has 1 rings (SSSR count). The first-order valence-electron chi connectivity index (χ1n) is 6.50. The summed E-state index contributed by atoms with van der Waals surface area (Å²) >= 11 is 0. The maximum absolute atomic E-state index is 12.1. The molecule has 0 aliphatic heterocycles. The van der Waals surface area contributed by atoms with Gasteiger partial charge in [0.2, 0.25) is 0 Å². The molecule has 3 nitrogen and oxygen atoms in total. The second-order valence-corrected chi connectivity index (χ2v) is 6.48. The SMILES string of the molecule is CC(C)(C)C(=O)CC1(CC(=O)O)CCCCC1. The monoisotopic (exact) mass is 240 g/mol. The number of hydrogen-bond acceptors (Lipinski definition) is 2. The van der Waals surface area contributed by atoms with Crippen molar-refractivity contribution in [1.82, 2.24) is 0 Å². The maximum Gasteiger partial charge on any atom is 0.303 e. The molecule has 98 valence electrons. The Labute approximate surface area is 104 Å². The second kappa shape index (κ2) is 5.19. The summed E-state index contributed by atoms with van der Waals surface area (Å²) in [6.07, 6.45) is 5.65. The molecule has 1 saturated carbocycles. The Kier molecular flexibility index (Phi) is 4.34. The zero-order valence-corrected chi connectivity index (χ0v) is 11.2. The van der Waals surface area contributed by atoms with Gasteiger partial charge in [0.25, 0.3) is 0 Å². The molecule has 1 N–H and O–H groups in total. The molecule has 17 heavy (non-hydrogen) atoms. The van der Waals surface area contributed by atoms with E-state index in [1.54, 1.807) is 0 Å². The molecule has 0 radical (unpaired) electrons. The van der Waals surface area contributed by atoms with Gasteiger partial charge in [-0.3, -0.25) is 9.59 Å². The number of aliphatic carboxylic acids is 1. The lowest BCUT2D eigenvalue weighted by Gasteiger charge is -2.37. The third kappa shape index (κ3) is 4.14. The molecule has 1 fully saturated rings. The Hall–Kier alpha value is -0.860. The summed E-state index contributed by atoms with van der Waals surface area (Å²) in [5.41, 5.74) is -0.628. The van der Waals surface area contributed by atoms with Crippen LogP contribution in [0.25, 0.3) is 0 Å². The Morgan fingerprint density at radius 3 is 2.00 bits per heavy atom. The number of carbonyl (C=O) groups excluding carboxylic acids is 1. The minimum absolute atomic E-state index is 0.148. The van der Waals surface area contributed by atoms with Crippen molar-refractivity contribution < 1.29 is 14.7 Å². The first-order chi connectivity index (χ1) is 7.75. The number of carboxylic acid groups (broad SMARTS) is 1. The molecule has 1 aliphatic rings. The smallest absolute Gasteiger partial charge is 0.303 e. The Bertz CT molecular complexity index is 293. The van der Waals surface area contributed by atoms with Gasteiger partial charge in [0.1, 0.15) is 5.78 Å². The highest BCUT2D eigenvalue weighted by Crippen LogP contribution is 2.43. The lowest BCUT2D eigenvalue weighted by Crippen LogP contribution is -2.34. The van der Waals surface area contributed by atoms with Gasteiger partial charge >= 0.3 is 5.97 Å². The molecule has 0 heterocycles. The fraction of sp³-hybridized carbons (Fsp3) is 0.857. The predicted octanol–water partition coefficient (Wildman–Crippen LogP) is 3.42. The highest BCUT2D eigenvalue weighted by molar-refractivity contribution is 5.84. The van der Waals surface area contributed by atoms with Gasteiger partial charge in [0, 0.05) is 11.8 Å². The molecule has 0 atom stereocenters. The van der Waals surface area contributed by atoms with Crippen LogP contribution in [-0.4, -0.2) is 16.9 Å². The van der Waals surface area contributed by atoms with Gasteiger partial charge in [0.15, 0.2) is 0 Å². The summed E-state index contributed by atoms with van der Waals surface area (Å²) in [6.45, 7) is 5.73. The molecule has 0 aromatic carbocycles. The average molecular weight is 240 g/mol. The van der Waals surface area contributed by atoms with Crippen molar-refractivity contribution in [3.05, 3.63) is 0 Å². The largest absolute Gasteiger partial charge is 0.481 e. The van der Waals surface area contributed by atoms with Crippen LogP contribution in [-0.2, 0) is 9.59 Å². The topological polar surface area (TPSA) is 54.4 Å². The van der Waals surface area contributed by atoms with Crippen molar-refractivity contribution in [2.24, 2.45) is 10.8 Å². The number of ketones is 1. The zero-order chi connectivity index (χ0) is 13.1. The molecule has 0 spiro atoms. The Balaban J connectivity index is 2.76. The number of hydrogen-bond donors (Lipinski definition) is 1. The van der Waals surface area contributed by atoms with E-state index in [4.69, 9.17) is 5.11 Å². The van der Waals surface area contributed by atoms with Crippen molar-refractivity contribution in [2.75, 3.05) is 0 Å². The predicted molar refractivity (Wildman–Crippen MR) is 66.8 cm³/mol. The third-order valence-corrected chi connectivity index (χ3v) is 3.81. The van der Waals surface area contributed by atoms with Gasteiger partial charge in [-0.15, -0.1) is 0 Å². The van der Waals surface area contributed by atoms with E-state index in [9.17, 15) is 9.59 Å². The van der Waals surface area contributed by atoms with E-state index in [1.165, 1.54) is 6.42 Å². The first kappa shape index (κ1) is 14.2. The van der Waals surface area contributed by atoms with E-state index in [0.29, 0.717) is 6.42 Å². The van der Waals surface area contributed by atoms with Crippen molar-refractivity contribution >= 4 is 11.8 Å². The molecule has 0 amide bonds. The van der Waals surface area contributed by atoms with Gasteiger partial charge in [-0.2, -0.15) is 0 Å². The van der Waals surface area contributed by atoms with Crippen LogP contribution in [0.2, 0.25) is 0 Å². The van der Waals surface area contributed by atoms with E-state index in [2.05, 4.69) is 0 Å². The van der Waals surface area contributed by atoms with Crippen LogP contribution in [0.4, 0.5) is 0 Å². The van der Waals surface area contributed by atoms with E-state index < -0.39 is 5.97 Å². The first-order valence-corrected chi connectivity index (χ1v) is 6.50. The van der Waals surface area contributed by atoms with Crippen LogP contribution in [0.3, 0.4) is 0 Å². The normalized spacial score (nSPS) is 19.9. The Morgan fingerprint density at radius 1 is 1.06 bits per heavy atom. The number of rotatable bonds is 4. The summed E-state index contributed by atoms with van der Waals surface area (Å²) in [5, 5.41) is 9.04. The van der Waals surface area contributed by atoms with E-state index in [-0.39, 0.29) is 23.0 Å². The van der Waals surface area contributed by atoms with Crippen LogP contribution in [0.15, 0.2) is 0 Å². The van der Waals surface area contributed by atoms with Crippen molar-refractivity contribution in [1.29, 1.82) is 0 Å². The highest BCUT2D eigenvalue weighted by atomic mass is 16.4. The van der Waals surface area contributed by atoms with Crippen LogP contribution < -0.4 is 0 Å². The van der Waals surface area contributed by atoms with Gasteiger partial charge in [-0.25, -0.2) is 0 Å². The molecule has 0 bridgehead atoms. The second-order valence-electron chi connectivity index (χ2n) is 6.48. The molecular weight excluding hydrogens is 216 g/mol. The van der Waals surface area contributed by atoms with Crippen LogP contribution in [0.5, 0.6) is 0 Å². The van der Waals surface area contributed by atoms with Gasteiger partial charge < -0.3 is 5.11 Å². The summed E-state index contributed by atoms with van der Waals surface area (Å²) in [5.74, 6) is -0.575. The van der Waals surface area contributed by atoms with Crippen LogP contribution in [0.1, 0.15) is 65.7 Å². The van der Waals surface area contributed by atoms with Crippen LogP contribution in [0, 0.1) is 10.8 Å². The fourth-order valence-corrected chi connectivity index (χ4v) is 2.64. The molecule has 0 saturated heterocycles. The minimum atomic E-state index is -0.770. The van der Waals surface area contributed by atoms with E-state index in [1.807, 2.05) is 20.8 Å². The van der Waals surface area contributed by atoms with Gasteiger partial charge in [0.05, 0.1) is 6.42 Å². The summed E-state index contributed by atoms with van der Waals surface area (Å²) in [4.78, 5) is 23.1. The zero-order valence-electron chi connectivity index (χ0n) is 11.2. The fourth-order valence-electron chi connectivity index (χ4n) is 2.64. The minimum Gasteiger partial charge on any atom is -0.481 e. The summed E-state index contributed by atoms with van der Waals surface area (Å²) in [6, 6.07) is 0. The van der Waals surface area contributed by atoms with Crippen LogP contribution >= 0.6 is 0 Å².